The number of benzene rings is 1. The molecule has 0 saturated carbocycles. The lowest BCUT2D eigenvalue weighted by atomic mass is 9.94. The van der Waals surface area contributed by atoms with Gasteiger partial charge < -0.3 is 4.74 Å². The first-order valence-electron chi connectivity index (χ1n) is 5.81. The molecule has 1 heterocycles. The van der Waals surface area contributed by atoms with Gasteiger partial charge in [-0.15, -0.1) is 0 Å². The summed E-state index contributed by atoms with van der Waals surface area (Å²) in [4.78, 5) is 4.21. The summed E-state index contributed by atoms with van der Waals surface area (Å²) in [5.74, 6) is 1.35. The second-order valence-corrected chi connectivity index (χ2v) is 4.32. The second kappa shape index (κ2) is 5.00. The summed E-state index contributed by atoms with van der Waals surface area (Å²) in [6, 6.07) is 10.1. The van der Waals surface area contributed by atoms with Crippen molar-refractivity contribution in [1.29, 1.82) is 0 Å². The molecule has 0 radical (unpaired) electrons. The van der Waals surface area contributed by atoms with E-state index in [9.17, 15) is 0 Å². The quantitative estimate of drug-likeness (QED) is 0.793. The fourth-order valence-corrected chi connectivity index (χ4v) is 1.98. The summed E-state index contributed by atoms with van der Waals surface area (Å²) < 4.78 is 5.41. The van der Waals surface area contributed by atoms with Crippen LogP contribution >= 0.6 is 0 Å². The highest BCUT2D eigenvalue weighted by atomic mass is 16.5. The van der Waals surface area contributed by atoms with E-state index in [1.807, 2.05) is 36.7 Å². The van der Waals surface area contributed by atoms with Gasteiger partial charge in [0.15, 0.2) is 0 Å². The maximum Gasteiger partial charge on any atom is 0.126 e. The lowest BCUT2D eigenvalue weighted by Crippen LogP contribution is -1.95. The van der Waals surface area contributed by atoms with Gasteiger partial charge in [0.1, 0.15) is 5.75 Å². The van der Waals surface area contributed by atoms with Gasteiger partial charge in [-0.2, -0.15) is 0 Å². The van der Waals surface area contributed by atoms with Crippen LogP contribution in [0.3, 0.4) is 0 Å². The van der Waals surface area contributed by atoms with Crippen molar-refractivity contribution in [1.82, 2.24) is 4.98 Å². The predicted octanol–water partition coefficient (Wildman–Crippen LogP) is 3.88. The molecule has 2 heteroatoms. The highest BCUT2D eigenvalue weighted by Gasteiger charge is 2.11. The molecule has 0 unspecified atom stereocenters. The van der Waals surface area contributed by atoms with Crippen LogP contribution in [0, 0.1) is 0 Å². The zero-order valence-corrected chi connectivity index (χ0v) is 10.5. The zero-order chi connectivity index (χ0) is 12.3. The van der Waals surface area contributed by atoms with E-state index in [1.54, 1.807) is 7.11 Å². The first-order valence-corrected chi connectivity index (χ1v) is 5.81. The van der Waals surface area contributed by atoms with E-state index in [2.05, 4.69) is 24.9 Å². The number of rotatable bonds is 3. The standard InChI is InChI=1S/C15H17NO/c1-11(2)14-10-16-9-8-12(14)13-6-4-5-7-15(13)17-3/h4-11H,1-3H3. The van der Waals surface area contributed by atoms with Gasteiger partial charge in [-0.1, -0.05) is 32.0 Å². The largest absolute Gasteiger partial charge is 0.496 e. The van der Waals surface area contributed by atoms with E-state index in [0.29, 0.717) is 5.92 Å². The molecule has 2 rings (SSSR count). The van der Waals surface area contributed by atoms with Crippen molar-refractivity contribution in [3.8, 4) is 16.9 Å². The number of hydrogen-bond donors (Lipinski definition) is 0. The number of methoxy groups -OCH3 is 1. The maximum atomic E-state index is 5.41. The molecule has 1 aromatic heterocycles. The normalized spacial score (nSPS) is 10.6. The van der Waals surface area contributed by atoms with Crippen molar-refractivity contribution < 1.29 is 4.74 Å². The second-order valence-electron chi connectivity index (χ2n) is 4.32. The van der Waals surface area contributed by atoms with E-state index in [0.717, 1.165) is 11.3 Å². The van der Waals surface area contributed by atoms with E-state index < -0.39 is 0 Å². The Hall–Kier alpha value is -1.83. The minimum Gasteiger partial charge on any atom is -0.496 e. The molecular formula is C15H17NO. The Morgan fingerprint density at radius 3 is 2.53 bits per heavy atom. The van der Waals surface area contributed by atoms with Crippen LogP contribution in [0.4, 0.5) is 0 Å². The van der Waals surface area contributed by atoms with Gasteiger partial charge in [0.25, 0.3) is 0 Å². The monoisotopic (exact) mass is 227 g/mol. The topological polar surface area (TPSA) is 22.1 Å². The van der Waals surface area contributed by atoms with Crippen LogP contribution in [-0.2, 0) is 0 Å². The molecule has 0 atom stereocenters. The molecule has 0 aliphatic heterocycles. The van der Waals surface area contributed by atoms with Crippen LogP contribution in [-0.4, -0.2) is 12.1 Å². The average molecular weight is 227 g/mol. The molecule has 2 nitrogen and oxygen atoms in total. The van der Waals surface area contributed by atoms with Crippen molar-refractivity contribution >= 4 is 0 Å². The van der Waals surface area contributed by atoms with E-state index in [-0.39, 0.29) is 0 Å². The molecule has 0 amide bonds. The Balaban J connectivity index is 2.60. The van der Waals surface area contributed by atoms with E-state index in [4.69, 9.17) is 4.74 Å². The summed E-state index contributed by atoms with van der Waals surface area (Å²) in [5, 5.41) is 0. The summed E-state index contributed by atoms with van der Waals surface area (Å²) >= 11 is 0. The molecule has 1 aromatic carbocycles. The van der Waals surface area contributed by atoms with Crippen LogP contribution in [0.25, 0.3) is 11.1 Å². The lowest BCUT2D eigenvalue weighted by molar-refractivity contribution is 0.416. The van der Waals surface area contributed by atoms with Gasteiger partial charge in [0.2, 0.25) is 0 Å². The van der Waals surface area contributed by atoms with Crippen LogP contribution in [0.5, 0.6) is 5.75 Å². The molecular weight excluding hydrogens is 210 g/mol. The minimum absolute atomic E-state index is 0.448. The number of pyridine rings is 1. The SMILES string of the molecule is COc1ccccc1-c1ccncc1C(C)C. The van der Waals surface area contributed by atoms with Gasteiger partial charge in [-0.3, -0.25) is 4.98 Å². The van der Waals surface area contributed by atoms with Crippen molar-refractivity contribution in [2.24, 2.45) is 0 Å². The molecule has 17 heavy (non-hydrogen) atoms. The molecule has 0 N–H and O–H groups in total. The Bertz CT molecular complexity index is 506. The van der Waals surface area contributed by atoms with Gasteiger partial charge >= 0.3 is 0 Å². The van der Waals surface area contributed by atoms with Crippen LogP contribution in [0.2, 0.25) is 0 Å². The van der Waals surface area contributed by atoms with Crippen LogP contribution in [0.1, 0.15) is 25.3 Å². The molecule has 0 fully saturated rings. The fraction of sp³-hybridized carbons (Fsp3) is 0.267. The smallest absolute Gasteiger partial charge is 0.126 e. The Morgan fingerprint density at radius 1 is 1.06 bits per heavy atom. The molecule has 0 spiro atoms. The van der Waals surface area contributed by atoms with Gasteiger partial charge in [-0.25, -0.2) is 0 Å². The lowest BCUT2D eigenvalue weighted by Gasteiger charge is -2.14. The summed E-state index contributed by atoms with van der Waals surface area (Å²) in [5.41, 5.74) is 3.57. The van der Waals surface area contributed by atoms with Gasteiger partial charge in [-0.05, 0) is 29.2 Å². The number of para-hydroxylation sites is 1. The van der Waals surface area contributed by atoms with Crippen LogP contribution < -0.4 is 4.74 Å². The van der Waals surface area contributed by atoms with Crippen molar-refractivity contribution in [2.75, 3.05) is 7.11 Å². The Morgan fingerprint density at radius 2 is 1.82 bits per heavy atom. The zero-order valence-electron chi connectivity index (χ0n) is 10.5. The number of nitrogens with zero attached hydrogens (tertiary/aromatic N) is 1. The average Bonchev–Trinajstić information content (AvgIpc) is 2.38. The van der Waals surface area contributed by atoms with Crippen LogP contribution in [0.15, 0.2) is 42.7 Å². The minimum atomic E-state index is 0.448. The summed E-state index contributed by atoms with van der Waals surface area (Å²) in [7, 11) is 1.70. The Kier molecular flexibility index (Phi) is 3.43. The van der Waals surface area contributed by atoms with Gasteiger partial charge in [0.05, 0.1) is 7.11 Å². The number of hydrogen-bond acceptors (Lipinski definition) is 2. The Labute approximate surface area is 102 Å². The molecule has 0 aliphatic carbocycles. The predicted molar refractivity (Wildman–Crippen MR) is 70.3 cm³/mol. The van der Waals surface area contributed by atoms with Gasteiger partial charge in [0, 0.05) is 18.0 Å². The van der Waals surface area contributed by atoms with Crippen molar-refractivity contribution in [2.45, 2.75) is 19.8 Å². The van der Waals surface area contributed by atoms with E-state index in [1.165, 1.54) is 11.1 Å². The highest BCUT2D eigenvalue weighted by molar-refractivity contribution is 5.73. The number of aromatic nitrogens is 1. The first kappa shape index (κ1) is 11.6. The summed E-state index contributed by atoms with van der Waals surface area (Å²) in [6.45, 7) is 4.35. The molecule has 0 aliphatic rings. The summed E-state index contributed by atoms with van der Waals surface area (Å²) in [6.07, 6.45) is 3.76. The fourth-order valence-electron chi connectivity index (χ4n) is 1.98. The molecule has 0 saturated heterocycles. The third kappa shape index (κ3) is 2.31. The van der Waals surface area contributed by atoms with Crippen molar-refractivity contribution in [3.63, 3.8) is 0 Å². The molecule has 2 aromatic rings. The highest BCUT2D eigenvalue weighted by Crippen LogP contribution is 2.34. The van der Waals surface area contributed by atoms with E-state index >= 15 is 0 Å². The maximum absolute atomic E-state index is 5.41. The third-order valence-corrected chi connectivity index (χ3v) is 2.87. The first-order chi connectivity index (χ1) is 8.24. The van der Waals surface area contributed by atoms with Crippen molar-refractivity contribution in [3.05, 3.63) is 48.3 Å². The molecule has 88 valence electrons. The third-order valence-electron chi connectivity index (χ3n) is 2.87. The molecule has 0 bridgehead atoms. The number of ether oxygens (including phenoxy) is 1.